The minimum Gasteiger partial charge on any atom is -0.342 e. The van der Waals surface area contributed by atoms with E-state index in [9.17, 15) is 4.79 Å². The predicted octanol–water partition coefficient (Wildman–Crippen LogP) is 2.93. The summed E-state index contributed by atoms with van der Waals surface area (Å²) < 4.78 is 0. The van der Waals surface area contributed by atoms with Gasteiger partial charge in [0.15, 0.2) is 0 Å². The highest BCUT2D eigenvalue weighted by Gasteiger charge is 2.15. The zero-order valence-electron chi connectivity index (χ0n) is 10.3. The Morgan fingerprint density at radius 2 is 1.71 bits per heavy atom. The van der Waals surface area contributed by atoms with Crippen molar-refractivity contribution < 1.29 is 4.79 Å². The zero-order chi connectivity index (χ0) is 11.1. The Kier molecular flexibility index (Phi) is 6.60. The monoisotopic (exact) mass is 199 g/mol. The number of hydrogen-bond donors (Lipinski definition) is 0. The van der Waals surface area contributed by atoms with Gasteiger partial charge in [0.1, 0.15) is 0 Å². The molecule has 0 heterocycles. The van der Waals surface area contributed by atoms with E-state index in [-0.39, 0.29) is 5.92 Å². The molecule has 84 valence electrons. The lowest BCUT2D eigenvalue weighted by Crippen LogP contribution is -2.36. The first-order valence-corrected chi connectivity index (χ1v) is 5.77. The summed E-state index contributed by atoms with van der Waals surface area (Å²) in [5.41, 5.74) is 0. The third kappa shape index (κ3) is 5.25. The van der Waals surface area contributed by atoms with Gasteiger partial charge in [0, 0.05) is 19.0 Å². The van der Waals surface area contributed by atoms with Gasteiger partial charge in [-0.15, -0.1) is 0 Å². The number of carbonyl (C=O) groups is 1. The summed E-state index contributed by atoms with van der Waals surface area (Å²) in [6.07, 6.45) is 2.16. The first kappa shape index (κ1) is 13.5. The molecule has 14 heavy (non-hydrogen) atoms. The van der Waals surface area contributed by atoms with Crippen LogP contribution in [0.5, 0.6) is 0 Å². The molecule has 0 spiro atoms. The summed E-state index contributed by atoms with van der Waals surface area (Å²) in [7, 11) is 0. The van der Waals surface area contributed by atoms with Crippen molar-refractivity contribution in [3.8, 4) is 0 Å². The normalized spacial score (nSPS) is 11.1. The van der Waals surface area contributed by atoms with Gasteiger partial charge < -0.3 is 4.90 Å². The van der Waals surface area contributed by atoms with Crippen molar-refractivity contribution in [3.63, 3.8) is 0 Å². The summed E-state index contributed by atoms with van der Waals surface area (Å²) in [5.74, 6) is 1.11. The standard InChI is InChI=1S/C12H25NO/c1-6-8-13(9-7-10(2)3)12(14)11(4)5/h10-11H,6-9H2,1-5H3. The molecule has 0 saturated carbocycles. The van der Waals surface area contributed by atoms with Crippen LogP contribution < -0.4 is 0 Å². The van der Waals surface area contributed by atoms with E-state index >= 15 is 0 Å². The van der Waals surface area contributed by atoms with Crippen LogP contribution in [0.4, 0.5) is 0 Å². The van der Waals surface area contributed by atoms with Gasteiger partial charge in [-0.25, -0.2) is 0 Å². The fraction of sp³-hybridized carbons (Fsp3) is 0.917. The maximum atomic E-state index is 11.8. The van der Waals surface area contributed by atoms with Crippen molar-refractivity contribution in [2.24, 2.45) is 11.8 Å². The molecule has 0 rings (SSSR count). The second-order valence-corrected chi connectivity index (χ2v) is 4.66. The van der Waals surface area contributed by atoms with Crippen molar-refractivity contribution in [2.45, 2.75) is 47.5 Å². The van der Waals surface area contributed by atoms with Crippen LogP contribution in [0.2, 0.25) is 0 Å². The number of carbonyl (C=O) groups excluding carboxylic acids is 1. The molecule has 0 aliphatic carbocycles. The molecule has 0 aromatic carbocycles. The van der Waals surface area contributed by atoms with E-state index in [0.29, 0.717) is 11.8 Å². The number of hydrogen-bond acceptors (Lipinski definition) is 1. The highest BCUT2D eigenvalue weighted by molar-refractivity contribution is 5.78. The molecule has 0 saturated heterocycles. The Bertz CT molecular complexity index is 164. The SMILES string of the molecule is CCCN(CCC(C)C)C(=O)C(C)C. The van der Waals surface area contributed by atoms with E-state index < -0.39 is 0 Å². The first-order chi connectivity index (χ1) is 6.49. The van der Waals surface area contributed by atoms with Crippen molar-refractivity contribution in [1.82, 2.24) is 4.90 Å². The molecule has 0 N–H and O–H groups in total. The number of nitrogens with zero attached hydrogens (tertiary/aromatic N) is 1. The van der Waals surface area contributed by atoms with Gasteiger partial charge in [-0.3, -0.25) is 4.79 Å². The van der Waals surface area contributed by atoms with Crippen molar-refractivity contribution >= 4 is 5.91 Å². The smallest absolute Gasteiger partial charge is 0.225 e. The van der Waals surface area contributed by atoms with Gasteiger partial charge in [0.05, 0.1) is 0 Å². The second-order valence-electron chi connectivity index (χ2n) is 4.66. The Balaban J connectivity index is 4.07. The topological polar surface area (TPSA) is 20.3 Å². The number of rotatable bonds is 6. The zero-order valence-corrected chi connectivity index (χ0v) is 10.3. The van der Waals surface area contributed by atoms with Crippen LogP contribution in [0.25, 0.3) is 0 Å². The maximum Gasteiger partial charge on any atom is 0.225 e. The highest BCUT2D eigenvalue weighted by atomic mass is 16.2. The van der Waals surface area contributed by atoms with Crippen molar-refractivity contribution in [2.75, 3.05) is 13.1 Å². The summed E-state index contributed by atoms with van der Waals surface area (Å²) in [6.45, 7) is 12.3. The molecule has 1 amide bonds. The lowest BCUT2D eigenvalue weighted by atomic mass is 10.1. The Labute approximate surface area is 88.7 Å². The van der Waals surface area contributed by atoms with Crippen molar-refractivity contribution in [3.05, 3.63) is 0 Å². The Morgan fingerprint density at radius 1 is 1.14 bits per heavy atom. The summed E-state index contributed by atoms with van der Waals surface area (Å²) in [5, 5.41) is 0. The van der Waals surface area contributed by atoms with E-state index in [1.165, 1.54) is 0 Å². The van der Waals surface area contributed by atoms with Crippen LogP contribution in [0.15, 0.2) is 0 Å². The van der Waals surface area contributed by atoms with Crippen LogP contribution in [0, 0.1) is 11.8 Å². The van der Waals surface area contributed by atoms with E-state index in [4.69, 9.17) is 0 Å². The molecule has 0 aliphatic heterocycles. The molecule has 0 aromatic rings. The van der Waals surface area contributed by atoms with Gasteiger partial charge in [-0.1, -0.05) is 34.6 Å². The molecule has 0 aromatic heterocycles. The van der Waals surface area contributed by atoms with Crippen molar-refractivity contribution in [1.29, 1.82) is 0 Å². The fourth-order valence-corrected chi connectivity index (χ4v) is 1.38. The average Bonchev–Trinajstić information content (AvgIpc) is 2.10. The molecular formula is C12H25NO. The minimum absolute atomic E-state index is 0.133. The number of amides is 1. The predicted molar refractivity (Wildman–Crippen MR) is 61.2 cm³/mol. The van der Waals surface area contributed by atoms with E-state index in [2.05, 4.69) is 20.8 Å². The fourth-order valence-electron chi connectivity index (χ4n) is 1.38. The lowest BCUT2D eigenvalue weighted by molar-refractivity contribution is -0.134. The maximum absolute atomic E-state index is 11.8. The molecule has 0 fully saturated rings. The Hall–Kier alpha value is -0.530. The molecule has 0 unspecified atom stereocenters. The minimum atomic E-state index is 0.133. The Morgan fingerprint density at radius 3 is 2.07 bits per heavy atom. The molecular weight excluding hydrogens is 174 g/mol. The van der Waals surface area contributed by atoms with Crippen LogP contribution in [0.3, 0.4) is 0 Å². The van der Waals surface area contributed by atoms with Crippen LogP contribution >= 0.6 is 0 Å². The second kappa shape index (κ2) is 6.86. The molecule has 2 nitrogen and oxygen atoms in total. The van der Waals surface area contributed by atoms with Gasteiger partial charge in [0.2, 0.25) is 5.91 Å². The van der Waals surface area contributed by atoms with Gasteiger partial charge in [-0.05, 0) is 18.8 Å². The highest BCUT2D eigenvalue weighted by Crippen LogP contribution is 2.07. The van der Waals surface area contributed by atoms with E-state index in [1.54, 1.807) is 0 Å². The quantitative estimate of drug-likeness (QED) is 0.644. The molecule has 2 heteroatoms. The summed E-state index contributed by atoms with van der Waals surface area (Å²) >= 11 is 0. The van der Waals surface area contributed by atoms with Gasteiger partial charge in [0.25, 0.3) is 0 Å². The third-order valence-electron chi connectivity index (χ3n) is 2.28. The van der Waals surface area contributed by atoms with Crippen LogP contribution in [-0.2, 0) is 4.79 Å². The van der Waals surface area contributed by atoms with Gasteiger partial charge in [-0.2, -0.15) is 0 Å². The van der Waals surface area contributed by atoms with Crippen LogP contribution in [0.1, 0.15) is 47.5 Å². The third-order valence-corrected chi connectivity index (χ3v) is 2.28. The average molecular weight is 199 g/mol. The summed E-state index contributed by atoms with van der Waals surface area (Å²) in [4.78, 5) is 13.8. The summed E-state index contributed by atoms with van der Waals surface area (Å²) in [6, 6.07) is 0. The molecule has 0 atom stereocenters. The van der Waals surface area contributed by atoms with E-state index in [0.717, 1.165) is 25.9 Å². The van der Waals surface area contributed by atoms with E-state index in [1.807, 2.05) is 18.7 Å². The lowest BCUT2D eigenvalue weighted by Gasteiger charge is -2.24. The largest absolute Gasteiger partial charge is 0.342 e. The molecule has 0 bridgehead atoms. The van der Waals surface area contributed by atoms with Crippen LogP contribution in [-0.4, -0.2) is 23.9 Å². The van der Waals surface area contributed by atoms with Gasteiger partial charge >= 0.3 is 0 Å². The molecule has 0 radical (unpaired) electrons. The molecule has 0 aliphatic rings. The first-order valence-electron chi connectivity index (χ1n) is 5.77.